The molecule has 0 radical (unpaired) electrons. The zero-order valence-electron chi connectivity index (χ0n) is 18.2. The molecule has 0 saturated heterocycles. The first-order valence-corrected chi connectivity index (χ1v) is 14.2. The third-order valence-electron chi connectivity index (χ3n) is 6.07. The topological polar surface area (TPSA) is 43.1 Å². The SMILES string of the molecule is c1ccc(CCSc2nnc3c4c5c(sc4nc(SCc4ccccc4)n23)CCCC5)cc1. The van der Waals surface area contributed by atoms with Gasteiger partial charge in [-0.05, 0) is 48.8 Å². The third-order valence-corrected chi connectivity index (χ3v) is 9.20. The van der Waals surface area contributed by atoms with Crippen molar-refractivity contribution < 1.29 is 0 Å². The zero-order valence-corrected chi connectivity index (χ0v) is 20.7. The summed E-state index contributed by atoms with van der Waals surface area (Å²) in [6, 6.07) is 21.3. The lowest BCUT2D eigenvalue weighted by Gasteiger charge is -2.11. The van der Waals surface area contributed by atoms with Crippen molar-refractivity contribution in [1.29, 1.82) is 0 Å². The predicted molar refractivity (Wildman–Crippen MR) is 140 cm³/mol. The Morgan fingerprint density at radius 3 is 2.39 bits per heavy atom. The van der Waals surface area contributed by atoms with Gasteiger partial charge in [0.1, 0.15) is 4.83 Å². The van der Waals surface area contributed by atoms with E-state index >= 15 is 0 Å². The monoisotopic (exact) mass is 488 g/mol. The van der Waals surface area contributed by atoms with Crippen molar-refractivity contribution in [3.8, 4) is 0 Å². The molecular weight excluding hydrogens is 465 g/mol. The molecule has 7 heteroatoms. The van der Waals surface area contributed by atoms with E-state index in [2.05, 4.69) is 70.2 Å². The van der Waals surface area contributed by atoms with Crippen LogP contribution in [0, 0.1) is 0 Å². The van der Waals surface area contributed by atoms with E-state index in [1.165, 1.54) is 46.2 Å². The third kappa shape index (κ3) is 4.29. The van der Waals surface area contributed by atoms with E-state index in [4.69, 9.17) is 10.1 Å². The maximum absolute atomic E-state index is 5.17. The van der Waals surface area contributed by atoms with Gasteiger partial charge in [0.15, 0.2) is 16.0 Å². The van der Waals surface area contributed by atoms with Crippen molar-refractivity contribution in [3.05, 3.63) is 82.2 Å². The molecule has 166 valence electrons. The van der Waals surface area contributed by atoms with Gasteiger partial charge in [0.2, 0.25) is 0 Å². The first kappa shape index (κ1) is 21.2. The number of rotatable bonds is 7. The van der Waals surface area contributed by atoms with Gasteiger partial charge in [-0.25, -0.2) is 9.38 Å². The summed E-state index contributed by atoms with van der Waals surface area (Å²) in [5, 5.41) is 12.5. The molecule has 33 heavy (non-hydrogen) atoms. The van der Waals surface area contributed by atoms with Crippen LogP contribution in [0.4, 0.5) is 0 Å². The summed E-state index contributed by atoms with van der Waals surface area (Å²) in [6.07, 6.45) is 5.84. The molecule has 0 unspecified atom stereocenters. The Balaban J connectivity index is 1.38. The number of hydrogen-bond acceptors (Lipinski definition) is 6. The van der Waals surface area contributed by atoms with Gasteiger partial charge in [0, 0.05) is 16.4 Å². The first-order chi connectivity index (χ1) is 16.4. The van der Waals surface area contributed by atoms with E-state index in [9.17, 15) is 0 Å². The van der Waals surface area contributed by atoms with E-state index in [0.717, 1.165) is 45.1 Å². The molecule has 0 atom stereocenters. The van der Waals surface area contributed by atoms with Crippen LogP contribution in [0.5, 0.6) is 0 Å². The van der Waals surface area contributed by atoms with Crippen LogP contribution in [-0.2, 0) is 25.0 Å². The summed E-state index contributed by atoms with van der Waals surface area (Å²) in [6.45, 7) is 0. The minimum atomic E-state index is 0.881. The molecule has 6 rings (SSSR count). The van der Waals surface area contributed by atoms with E-state index in [1.807, 2.05) is 11.3 Å². The first-order valence-electron chi connectivity index (χ1n) is 11.4. The van der Waals surface area contributed by atoms with Gasteiger partial charge in [0.05, 0.1) is 5.39 Å². The zero-order chi connectivity index (χ0) is 22.0. The maximum atomic E-state index is 5.17. The highest BCUT2D eigenvalue weighted by Crippen LogP contribution is 2.40. The van der Waals surface area contributed by atoms with Gasteiger partial charge in [-0.3, -0.25) is 0 Å². The van der Waals surface area contributed by atoms with Gasteiger partial charge in [0.25, 0.3) is 0 Å². The second-order valence-electron chi connectivity index (χ2n) is 8.29. The normalized spacial score (nSPS) is 13.6. The summed E-state index contributed by atoms with van der Waals surface area (Å²) in [4.78, 5) is 7.79. The number of nitrogens with zero attached hydrogens (tertiary/aromatic N) is 4. The van der Waals surface area contributed by atoms with Gasteiger partial charge >= 0.3 is 0 Å². The quantitative estimate of drug-likeness (QED) is 0.185. The van der Waals surface area contributed by atoms with Gasteiger partial charge in [-0.1, -0.05) is 84.2 Å². The van der Waals surface area contributed by atoms with E-state index in [-0.39, 0.29) is 0 Å². The molecule has 5 aromatic rings. The standard InChI is InChI=1S/C26H24N4S3/c1-3-9-18(10-4-1)15-16-31-26-29-28-23-22-20-13-7-8-14-21(20)33-24(22)27-25(30(23)26)32-17-19-11-5-2-6-12-19/h1-6,9-12H,7-8,13-17H2. The predicted octanol–water partition coefficient (Wildman–Crippen LogP) is 6.84. The fourth-order valence-corrected chi connectivity index (χ4v) is 7.66. The Hall–Kier alpha value is -2.35. The number of benzene rings is 2. The van der Waals surface area contributed by atoms with Crippen LogP contribution in [0.25, 0.3) is 15.9 Å². The molecule has 0 spiro atoms. The van der Waals surface area contributed by atoms with Gasteiger partial charge in [-0.15, -0.1) is 21.5 Å². The molecule has 0 bridgehead atoms. The molecule has 3 heterocycles. The number of aryl methyl sites for hydroxylation is 3. The highest BCUT2D eigenvalue weighted by atomic mass is 32.2. The van der Waals surface area contributed by atoms with Gasteiger partial charge in [-0.2, -0.15) is 0 Å². The molecule has 2 aromatic carbocycles. The van der Waals surface area contributed by atoms with Crippen LogP contribution in [0.15, 0.2) is 71.0 Å². The Morgan fingerprint density at radius 1 is 0.818 bits per heavy atom. The Bertz CT molecular complexity index is 1390. The van der Waals surface area contributed by atoms with Gasteiger partial charge < -0.3 is 0 Å². The van der Waals surface area contributed by atoms with Crippen LogP contribution in [-0.4, -0.2) is 25.3 Å². The highest BCUT2D eigenvalue weighted by Gasteiger charge is 2.23. The highest BCUT2D eigenvalue weighted by molar-refractivity contribution is 7.99. The average Bonchev–Trinajstić information content (AvgIpc) is 3.45. The van der Waals surface area contributed by atoms with Crippen LogP contribution >= 0.6 is 34.9 Å². The summed E-state index contributed by atoms with van der Waals surface area (Å²) < 4.78 is 2.22. The number of thiophene rings is 1. The molecule has 0 fully saturated rings. The molecule has 1 aliphatic carbocycles. The van der Waals surface area contributed by atoms with Crippen LogP contribution in [0.2, 0.25) is 0 Å². The summed E-state index contributed by atoms with van der Waals surface area (Å²) in [5.41, 5.74) is 5.10. The smallest absolute Gasteiger partial charge is 0.197 e. The molecule has 4 nitrogen and oxygen atoms in total. The number of fused-ring (bicyclic) bond motifs is 5. The number of aromatic nitrogens is 4. The van der Waals surface area contributed by atoms with Crippen LogP contribution in [0.3, 0.4) is 0 Å². The second kappa shape index (κ2) is 9.49. The van der Waals surface area contributed by atoms with Crippen molar-refractivity contribution in [2.75, 3.05) is 5.75 Å². The van der Waals surface area contributed by atoms with E-state index in [1.54, 1.807) is 23.5 Å². The van der Waals surface area contributed by atoms with Crippen LogP contribution < -0.4 is 0 Å². The van der Waals surface area contributed by atoms with Crippen molar-refractivity contribution in [1.82, 2.24) is 19.6 Å². The molecule has 0 saturated carbocycles. The molecule has 0 aliphatic heterocycles. The summed E-state index contributed by atoms with van der Waals surface area (Å²) in [7, 11) is 0. The lowest BCUT2D eigenvalue weighted by Crippen LogP contribution is -2.01. The van der Waals surface area contributed by atoms with Crippen LogP contribution in [0.1, 0.15) is 34.4 Å². The summed E-state index contributed by atoms with van der Waals surface area (Å²) >= 11 is 5.42. The molecule has 0 N–H and O–H groups in total. The maximum Gasteiger partial charge on any atom is 0.197 e. The lowest BCUT2D eigenvalue weighted by atomic mass is 9.97. The second-order valence-corrected chi connectivity index (χ2v) is 11.4. The van der Waals surface area contributed by atoms with Crippen molar-refractivity contribution in [2.24, 2.45) is 0 Å². The number of hydrogen-bond donors (Lipinski definition) is 0. The Kier molecular flexibility index (Phi) is 6.09. The van der Waals surface area contributed by atoms with Crippen molar-refractivity contribution >= 4 is 50.7 Å². The molecule has 0 amide bonds. The largest absolute Gasteiger partial charge is 0.247 e. The van der Waals surface area contributed by atoms with E-state index in [0.29, 0.717) is 0 Å². The van der Waals surface area contributed by atoms with E-state index < -0.39 is 0 Å². The molecular formula is C26H24N4S3. The Morgan fingerprint density at radius 2 is 1.58 bits per heavy atom. The lowest BCUT2D eigenvalue weighted by molar-refractivity contribution is 0.700. The fraction of sp³-hybridized carbons (Fsp3) is 0.269. The molecule has 1 aliphatic rings. The minimum absolute atomic E-state index is 0.881. The fourth-order valence-electron chi connectivity index (χ4n) is 4.42. The van der Waals surface area contributed by atoms with Crippen molar-refractivity contribution in [2.45, 2.75) is 48.2 Å². The minimum Gasteiger partial charge on any atom is -0.247 e. The Labute approximate surface area is 205 Å². The van der Waals surface area contributed by atoms with Crippen molar-refractivity contribution in [3.63, 3.8) is 0 Å². The number of thioether (sulfide) groups is 2. The average molecular weight is 489 g/mol. The summed E-state index contributed by atoms with van der Waals surface area (Å²) in [5.74, 6) is 1.85. The molecule has 3 aromatic heterocycles.